The van der Waals surface area contributed by atoms with Gasteiger partial charge in [0, 0.05) is 48.6 Å². The molecular formula is C40H46F2N6O. The number of halogens is 2. The lowest BCUT2D eigenvalue weighted by atomic mass is 9.93. The van der Waals surface area contributed by atoms with Gasteiger partial charge in [-0.05, 0) is 87.7 Å². The van der Waals surface area contributed by atoms with Gasteiger partial charge in [0.15, 0.2) is 5.82 Å². The molecule has 49 heavy (non-hydrogen) atoms. The van der Waals surface area contributed by atoms with Crippen LogP contribution in [0.2, 0.25) is 0 Å². The van der Waals surface area contributed by atoms with E-state index in [1.54, 1.807) is 12.1 Å². The fraction of sp³-hybridized carbons (Fsp3) is 0.525. The van der Waals surface area contributed by atoms with Crippen LogP contribution >= 0.6 is 0 Å². The Balaban J connectivity index is 0.00000171. The minimum atomic E-state index is -0.562. The van der Waals surface area contributed by atoms with Gasteiger partial charge in [0.05, 0.1) is 23.3 Å². The minimum Gasteiger partial charge on any atom is -0.463 e. The first-order chi connectivity index (χ1) is 23.9. The number of aryl methyl sites for hydroxylation is 1. The van der Waals surface area contributed by atoms with Crippen LogP contribution in [0.15, 0.2) is 30.3 Å². The van der Waals surface area contributed by atoms with Crippen LogP contribution in [0.1, 0.15) is 76.5 Å². The van der Waals surface area contributed by atoms with Crippen molar-refractivity contribution in [2.24, 2.45) is 10.8 Å². The Morgan fingerprint density at radius 1 is 0.980 bits per heavy atom. The van der Waals surface area contributed by atoms with E-state index in [0.29, 0.717) is 40.6 Å². The zero-order valence-electron chi connectivity index (χ0n) is 28.8. The van der Waals surface area contributed by atoms with Crippen molar-refractivity contribution in [3.8, 4) is 29.6 Å². The molecule has 3 aliphatic heterocycles. The molecule has 2 aromatic heterocycles. The standard InChI is InChI=1S/C38H40F2N6O.C2H6/c1-2-26-28(39)10-9-24-5-3-7-27(30(24)26)33-32(40)34-31-29(42-33)8-4-6-25-21-41-17-20-46(25)35(31)44-36(43-34)47-23-38(13-14-38)22-45-18-15-37(11-12-37)16-19-45;1-2/h1,3,5,7,9-10,25,41H,4,6,8,11-23H2;1-2H3. The van der Waals surface area contributed by atoms with Crippen molar-refractivity contribution in [2.45, 2.75) is 77.7 Å². The summed E-state index contributed by atoms with van der Waals surface area (Å²) in [6.45, 7) is 10.3. The highest BCUT2D eigenvalue weighted by Gasteiger charge is 2.49. The Morgan fingerprint density at radius 2 is 1.80 bits per heavy atom. The van der Waals surface area contributed by atoms with Gasteiger partial charge in [-0.15, -0.1) is 6.42 Å². The van der Waals surface area contributed by atoms with E-state index in [-0.39, 0.29) is 34.2 Å². The van der Waals surface area contributed by atoms with Gasteiger partial charge >= 0.3 is 6.01 Å². The molecule has 1 unspecified atom stereocenters. The van der Waals surface area contributed by atoms with Crippen LogP contribution in [-0.2, 0) is 6.42 Å². The summed E-state index contributed by atoms with van der Waals surface area (Å²) in [4.78, 5) is 19.7. The maximum Gasteiger partial charge on any atom is 0.319 e. The molecule has 5 aliphatic rings. The van der Waals surface area contributed by atoms with Gasteiger partial charge in [-0.1, -0.05) is 44.0 Å². The Morgan fingerprint density at radius 3 is 2.55 bits per heavy atom. The fourth-order valence-electron chi connectivity index (χ4n) is 8.41. The average molecular weight is 665 g/mol. The molecule has 5 heterocycles. The maximum atomic E-state index is 17.0. The number of piperidine rings is 1. The summed E-state index contributed by atoms with van der Waals surface area (Å²) in [6.07, 6.45) is 16.0. The van der Waals surface area contributed by atoms with Gasteiger partial charge in [0.2, 0.25) is 0 Å². The Hall–Kier alpha value is -3.87. The summed E-state index contributed by atoms with van der Waals surface area (Å²) in [6, 6.07) is 8.94. The van der Waals surface area contributed by atoms with Crippen LogP contribution in [0.4, 0.5) is 14.6 Å². The molecule has 4 aromatic rings. The zero-order valence-corrected chi connectivity index (χ0v) is 28.8. The van der Waals surface area contributed by atoms with Crippen molar-refractivity contribution in [1.29, 1.82) is 0 Å². The van der Waals surface area contributed by atoms with Crippen LogP contribution < -0.4 is 15.0 Å². The molecular weight excluding hydrogens is 618 g/mol. The molecule has 1 atom stereocenters. The number of piperazine rings is 1. The molecule has 1 spiro atoms. The van der Waals surface area contributed by atoms with Crippen molar-refractivity contribution in [1.82, 2.24) is 25.2 Å². The van der Waals surface area contributed by atoms with Crippen molar-refractivity contribution in [3.63, 3.8) is 0 Å². The summed E-state index contributed by atoms with van der Waals surface area (Å²) in [7, 11) is 0. The van der Waals surface area contributed by atoms with Crippen LogP contribution in [0.25, 0.3) is 32.9 Å². The second-order valence-corrected chi connectivity index (χ2v) is 14.8. The number of hydrogen-bond donors (Lipinski definition) is 1. The normalized spacial score (nSPS) is 22.0. The Labute approximate surface area is 287 Å². The Bertz CT molecular complexity index is 1940. The smallest absolute Gasteiger partial charge is 0.319 e. The molecule has 2 aliphatic carbocycles. The van der Waals surface area contributed by atoms with E-state index in [2.05, 4.69) is 21.0 Å². The molecule has 2 saturated heterocycles. The largest absolute Gasteiger partial charge is 0.463 e. The summed E-state index contributed by atoms with van der Waals surface area (Å²) in [5.41, 5.74) is 2.41. The number of nitrogens with zero attached hydrogens (tertiary/aromatic N) is 5. The van der Waals surface area contributed by atoms with E-state index in [9.17, 15) is 4.39 Å². The van der Waals surface area contributed by atoms with Crippen LogP contribution in [0, 0.1) is 34.8 Å². The number of pyridine rings is 1. The molecule has 0 amide bonds. The van der Waals surface area contributed by atoms with E-state index >= 15 is 4.39 Å². The van der Waals surface area contributed by atoms with E-state index in [1.165, 1.54) is 44.8 Å². The van der Waals surface area contributed by atoms with Crippen LogP contribution in [-0.4, -0.2) is 71.8 Å². The second-order valence-electron chi connectivity index (χ2n) is 14.8. The molecule has 2 aromatic carbocycles. The average Bonchev–Trinajstić information content (AvgIpc) is 4.07. The number of rotatable bonds is 6. The number of hydrogen-bond acceptors (Lipinski definition) is 7. The third kappa shape index (κ3) is 5.91. The van der Waals surface area contributed by atoms with Crippen molar-refractivity contribution in [3.05, 3.63) is 53.2 Å². The summed E-state index contributed by atoms with van der Waals surface area (Å²) in [5, 5.41) is 5.38. The maximum absolute atomic E-state index is 17.0. The lowest BCUT2D eigenvalue weighted by Crippen LogP contribution is -2.52. The number of ether oxygens (including phenoxy) is 1. The number of terminal acetylenes is 1. The minimum absolute atomic E-state index is 0.0985. The molecule has 9 rings (SSSR count). The van der Waals surface area contributed by atoms with E-state index < -0.39 is 11.6 Å². The summed E-state index contributed by atoms with van der Waals surface area (Å²) in [5.74, 6) is 2.12. The van der Waals surface area contributed by atoms with Gasteiger partial charge in [-0.2, -0.15) is 9.97 Å². The quantitative estimate of drug-likeness (QED) is 0.218. The number of aromatic nitrogens is 3. The van der Waals surface area contributed by atoms with E-state index in [4.69, 9.17) is 26.1 Å². The van der Waals surface area contributed by atoms with Crippen molar-refractivity contribution < 1.29 is 13.5 Å². The zero-order chi connectivity index (χ0) is 33.8. The van der Waals surface area contributed by atoms with Gasteiger partial charge < -0.3 is 19.9 Å². The molecule has 7 nitrogen and oxygen atoms in total. The lowest BCUT2D eigenvalue weighted by molar-refractivity contribution is 0.115. The van der Waals surface area contributed by atoms with Gasteiger partial charge in [0.25, 0.3) is 0 Å². The Kier molecular flexibility index (Phi) is 8.44. The molecule has 1 N–H and O–H groups in total. The number of likely N-dealkylation sites (tertiary alicyclic amines) is 1. The molecule has 0 radical (unpaired) electrons. The highest BCUT2D eigenvalue weighted by Crippen LogP contribution is 2.55. The summed E-state index contributed by atoms with van der Waals surface area (Å²) < 4.78 is 38.5. The second kappa shape index (κ2) is 12.8. The molecule has 9 heteroatoms. The molecule has 256 valence electrons. The topological polar surface area (TPSA) is 66.4 Å². The predicted molar refractivity (Wildman–Crippen MR) is 191 cm³/mol. The lowest BCUT2D eigenvalue weighted by Gasteiger charge is -2.39. The first-order valence-electron chi connectivity index (χ1n) is 18.4. The first-order valence-corrected chi connectivity index (χ1v) is 18.4. The number of fused-ring (bicyclic) bond motifs is 3. The fourth-order valence-corrected chi connectivity index (χ4v) is 8.41. The van der Waals surface area contributed by atoms with Crippen molar-refractivity contribution in [2.75, 3.05) is 50.8 Å². The number of benzene rings is 2. The third-order valence-corrected chi connectivity index (χ3v) is 11.7. The molecule has 2 saturated carbocycles. The monoisotopic (exact) mass is 664 g/mol. The summed E-state index contributed by atoms with van der Waals surface area (Å²) >= 11 is 0. The SMILES string of the molecule is C#Cc1c(F)ccc2cccc(-c3nc4c5c(nc(OCC6(CN7CCC8(CC7)CC8)CC6)nc5c3F)N3CCNCC3CCC4)c12.CC. The highest BCUT2D eigenvalue weighted by molar-refractivity contribution is 6.02. The number of anilines is 1. The van der Waals surface area contributed by atoms with Crippen LogP contribution in [0.5, 0.6) is 6.01 Å². The van der Waals surface area contributed by atoms with E-state index in [0.717, 1.165) is 62.9 Å². The van der Waals surface area contributed by atoms with Gasteiger partial charge in [-0.3, -0.25) is 0 Å². The molecule has 0 bridgehead atoms. The van der Waals surface area contributed by atoms with Crippen molar-refractivity contribution >= 4 is 27.5 Å². The van der Waals surface area contributed by atoms with Gasteiger partial charge in [-0.25, -0.2) is 13.8 Å². The molecule has 4 fully saturated rings. The predicted octanol–water partition coefficient (Wildman–Crippen LogP) is 7.28. The highest BCUT2D eigenvalue weighted by atomic mass is 19.1. The third-order valence-electron chi connectivity index (χ3n) is 11.7. The van der Waals surface area contributed by atoms with Crippen LogP contribution in [0.3, 0.4) is 0 Å². The number of nitrogens with one attached hydrogen (secondary N) is 1. The van der Waals surface area contributed by atoms with Gasteiger partial charge in [0.1, 0.15) is 22.8 Å². The first kappa shape index (κ1) is 32.3. The van der Waals surface area contributed by atoms with E-state index in [1.807, 2.05) is 26.0 Å².